The lowest BCUT2D eigenvalue weighted by Crippen LogP contribution is -2.60. The first-order chi connectivity index (χ1) is 43.1. The Kier molecular flexibility index (Phi) is 12.7. The molecule has 0 radical (unpaired) electrons. The van der Waals surface area contributed by atoms with Crippen LogP contribution in [0.15, 0.2) is 133 Å². The lowest BCUT2D eigenvalue weighted by atomic mass is 9.36. The van der Waals surface area contributed by atoms with Gasteiger partial charge < -0.3 is 14.4 Å². The molecule has 8 aromatic carbocycles. The molecule has 0 N–H and O–H groups in total. The number of aromatic nitrogens is 1. The smallest absolute Gasteiger partial charge is 0.264 e. The molecule has 2 aliphatic heterocycles. The van der Waals surface area contributed by atoms with E-state index in [9.17, 15) is 0 Å². The largest absolute Gasteiger partial charge is 0.311 e. The van der Waals surface area contributed by atoms with Crippen LogP contribution in [0.4, 0.5) is 34.1 Å². The van der Waals surface area contributed by atoms with Crippen molar-refractivity contribution in [2.24, 2.45) is 5.92 Å². The zero-order chi connectivity index (χ0) is 64.8. The second kappa shape index (κ2) is 19.4. The minimum absolute atomic E-state index is 0.000120. The molecule has 1 saturated carbocycles. The third-order valence-electron chi connectivity index (χ3n) is 24.8. The van der Waals surface area contributed by atoms with Gasteiger partial charge in [-0.2, -0.15) is 0 Å². The van der Waals surface area contributed by atoms with Crippen LogP contribution in [0.3, 0.4) is 0 Å². The minimum Gasteiger partial charge on any atom is -0.311 e. The summed E-state index contributed by atoms with van der Waals surface area (Å²) < 4.78 is 5.58. The van der Waals surface area contributed by atoms with Crippen LogP contribution in [-0.2, 0) is 43.3 Å². The Morgan fingerprint density at radius 1 is 0.478 bits per heavy atom. The predicted octanol–water partition coefficient (Wildman–Crippen LogP) is 22.8. The van der Waals surface area contributed by atoms with E-state index < -0.39 is 0 Å². The molecule has 4 heterocycles. The van der Waals surface area contributed by atoms with Crippen molar-refractivity contribution in [3.63, 3.8) is 0 Å². The number of benzene rings is 8. The average Bonchev–Trinajstić information content (AvgIpc) is 1.28. The standard InChI is InChI=1S/C87H98BN3S/c1-50-38-64-66(85(16,17)36-34-83(64,12)13)47-69(50)90-73-41-56(82(9,10)11)28-31-68(73)88-77-74(90)42-57(89-70-39-54(80(3,4)5)26-29-58(70)59-30-27-55(40-71(59)89)81(6,7)8)43-75(77)91(78-62-45-63-60(46-76(62)92-79(78)88)51(2)53-32-33-87(63,20)49-53)72-48-67-65(84(14,15)35-37-86(67,18)19)44-61(72)52-24-22-21-23-25-52/h21-31,38-48,51,53H,32-37,49H2,1-20H3/t51?,53?,87-/m0/s1. The van der Waals surface area contributed by atoms with E-state index in [-0.39, 0.29) is 50.0 Å². The molecule has 5 heteroatoms. The molecular formula is C87H98BN3S. The van der Waals surface area contributed by atoms with Gasteiger partial charge in [-0.1, -0.05) is 204 Å². The van der Waals surface area contributed by atoms with E-state index in [0.29, 0.717) is 5.92 Å². The fourth-order valence-corrected chi connectivity index (χ4v) is 19.9. The summed E-state index contributed by atoms with van der Waals surface area (Å²) in [6, 6.07) is 55.5. The first kappa shape index (κ1) is 60.1. The summed E-state index contributed by atoms with van der Waals surface area (Å²) in [5, 5.41) is 3.99. The minimum atomic E-state index is -0.0938. The molecule has 0 spiro atoms. The highest BCUT2D eigenvalue weighted by Crippen LogP contribution is 2.60. The Labute approximate surface area is 555 Å². The second-order valence-electron chi connectivity index (χ2n) is 35.9. The Morgan fingerprint density at radius 3 is 1.58 bits per heavy atom. The summed E-state index contributed by atoms with van der Waals surface area (Å²) in [5.41, 5.74) is 31.3. The van der Waals surface area contributed by atoms with Crippen LogP contribution < -0.4 is 25.5 Å². The van der Waals surface area contributed by atoms with Crippen LogP contribution >= 0.6 is 11.3 Å². The molecule has 6 aliphatic rings. The molecule has 10 aromatic rings. The summed E-state index contributed by atoms with van der Waals surface area (Å²) in [5.74, 6) is 1.26. The van der Waals surface area contributed by atoms with Crippen molar-refractivity contribution in [2.75, 3.05) is 9.80 Å². The maximum atomic E-state index is 2.89. The van der Waals surface area contributed by atoms with Gasteiger partial charge in [0.25, 0.3) is 6.71 Å². The Hall–Kier alpha value is -6.82. The first-order valence-corrected chi connectivity index (χ1v) is 36.0. The highest BCUT2D eigenvalue weighted by Gasteiger charge is 2.51. The van der Waals surface area contributed by atoms with Crippen molar-refractivity contribution in [1.29, 1.82) is 0 Å². The monoisotopic (exact) mass is 1230 g/mol. The van der Waals surface area contributed by atoms with Crippen molar-refractivity contribution in [1.82, 2.24) is 4.57 Å². The van der Waals surface area contributed by atoms with E-state index in [2.05, 4.69) is 298 Å². The maximum Gasteiger partial charge on any atom is 0.264 e. The van der Waals surface area contributed by atoms with Crippen LogP contribution in [0.5, 0.6) is 0 Å². The third-order valence-corrected chi connectivity index (χ3v) is 26.0. The van der Waals surface area contributed by atoms with Crippen LogP contribution in [-0.4, -0.2) is 11.3 Å². The molecule has 0 saturated heterocycles. The van der Waals surface area contributed by atoms with E-state index in [1.54, 1.807) is 11.1 Å². The number of fused-ring (bicyclic) bond motifs is 15. The lowest BCUT2D eigenvalue weighted by Gasteiger charge is -2.47. The van der Waals surface area contributed by atoms with E-state index in [0.717, 1.165) is 25.2 Å². The molecule has 470 valence electrons. The quantitative estimate of drug-likeness (QED) is 0.163. The summed E-state index contributed by atoms with van der Waals surface area (Å²) in [6.45, 7) is 49.1. The predicted molar refractivity (Wildman–Crippen MR) is 400 cm³/mol. The van der Waals surface area contributed by atoms with Gasteiger partial charge in [0.1, 0.15) is 0 Å². The number of rotatable bonds is 4. The molecule has 0 amide bonds. The molecule has 1 fully saturated rings. The number of hydrogen-bond acceptors (Lipinski definition) is 3. The Balaban J connectivity index is 1.13. The molecular weight excluding hydrogens is 1130 g/mol. The van der Waals surface area contributed by atoms with Crippen molar-refractivity contribution >= 4 is 99.8 Å². The fourth-order valence-electron chi connectivity index (χ4n) is 18.6. The topological polar surface area (TPSA) is 11.4 Å². The van der Waals surface area contributed by atoms with Crippen molar-refractivity contribution < 1.29 is 0 Å². The third kappa shape index (κ3) is 8.77. The summed E-state index contributed by atoms with van der Waals surface area (Å²) in [7, 11) is 0. The summed E-state index contributed by atoms with van der Waals surface area (Å²) >= 11 is 2.10. The summed E-state index contributed by atoms with van der Waals surface area (Å²) in [4.78, 5) is 5.69. The van der Waals surface area contributed by atoms with Crippen LogP contribution in [0.1, 0.15) is 238 Å². The molecule has 2 bridgehead atoms. The molecule has 16 rings (SSSR count). The zero-order valence-corrected chi connectivity index (χ0v) is 59.9. The molecule has 3 atom stereocenters. The van der Waals surface area contributed by atoms with E-state index in [4.69, 9.17) is 0 Å². The SMILES string of the molecule is Cc1cc2c(cc1N1c3cc(C(C)(C)C)ccc3B3c4sc5cc6c(cc5c4N(c4cc5c(cc4-c4ccccc4)C(C)(C)CCC5(C)C)c4cc(-n5c7cc(C(C)(C)C)ccc7c7ccc(C(C)(C)C)cc75)cc1c43)[C@@]1(C)CCC(C1)C6C)C(C)(C)CCC2(C)C. The van der Waals surface area contributed by atoms with Gasteiger partial charge in [-0.3, -0.25) is 0 Å². The van der Waals surface area contributed by atoms with Crippen LogP contribution in [0, 0.1) is 12.8 Å². The van der Waals surface area contributed by atoms with Gasteiger partial charge in [0.05, 0.1) is 28.1 Å². The highest BCUT2D eigenvalue weighted by atomic mass is 32.1. The van der Waals surface area contributed by atoms with E-state index in [1.807, 2.05) is 0 Å². The van der Waals surface area contributed by atoms with Gasteiger partial charge in [0.2, 0.25) is 0 Å². The number of thiophene rings is 1. The summed E-state index contributed by atoms with van der Waals surface area (Å²) in [6.07, 6.45) is 8.46. The van der Waals surface area contributed by atoms with Crippen molar-refractivity contribution in [2.45, 2.75) is 233 Å². The van der Waals surface area contributed by atoms with Crippen molar-refractivity contribution in [3.8, 4) is 16.8 Å². The number of aryl methyl sites for hydroxylation is 1. The fraction of sp³-hybridized carbons (Fsp3) is 0.425. The number of nitrogens with zero attached hydrogens (tertiary/aromatic N) is 3. The average molecular weight is 1230 g/mol. The highest BCUT2D eigenvalue weighted by molar-refractivity contribution is 7.33. The van der Waals surface area contributed by atoms with Gasteiger partial charge in [-0.25, -0.2) is 0 Å². The first-order valence-electron chi connectivity index (χ1n) is 35.2. The van der Waals surface area contributed by atoms with E-state index >= 15 is 0 Å². The zero-order valence-electron chi connectivity index (χ0n) is 59.1. The Bertz CT molecular complexity index is 4730. The van der Waals surface area contributed by atoms with Gasteiger partial charge in [-0.15, -0.1) is 11.3 Å². The molecule has 2 unspecified atom stereocenters. The van der Waals surface area contributed by atoms with Crippen LogP contribution in [0.25, 0.3) is 48.7 Å². The van der Waals surface area contributed by atoms with Crippen molar-refractivity contribution in [3.05, 3.63) is 189 Å². The number of hydrogen-bond donors (Lipinski definition) is 0. The molecule has 3 nitrogen and oxygen atoms in total. The maximum absolute atomic E-state index is 2.89. The number of anilines is 6. The van der Waals surface area contributed by atoms with Gasteiger partial charge >= 0.3 is 0 Å². The van der Waals surface area contributed by atoms with Gasteiger partial charge in [-0.05, 0) is 240 Å². The molecule has 4 aliphatic carbocycles. The normalized spacial score (nSPS) is 21.5. The van der Waals surface area contributed by atoms with Gasteiger partial charge in [0, 0.05) is 53.9 Å². The van der Waals surface area contributed by atoms with Gasteiger partial charge in [0.15, 0.2) is 0 Å². The second-order valence-corrected chi connectivity index (χ2v) is 37.0. The Morgan fingerprint density at radius 2 is 1.00 bits per heavy atom. The van der Waals surface area contributed by atoms with Crippen LogP contribution in [0.2, 0.25) is 0 Å². The van der Waals surface area contributed by atoms with E-state index in [1.165, 1.54) is 169 Å². The molecule has 92 heavy (non-hydrogen) atoms. The molecule has 2 aromatic heterocycles. The lowest BCUT2D eigenvalue weighted by molar-refractivity contribution is 0.332.